The molecule has 0 unspecified atom stereocenters. The van der Waals surface area contributed by atoms with Gasteiger partial charge in [0.15, 0.2) is 0 Å². The van der Waals surface area contributed by atoms with Gasteiger partial charge in [-0.2, -0.15) is 0 Å². The van der Waals surface area contributed by atoms with Gasteiger partial charge in [-0.25, -0.2) is 13.8 Å². The zero-order chi connectivity index (χ0) is 15.7. The first-order chi connectivity index (χ1) is 10.6. The molecular formula is C15H10ClF2N3O. The van der Waals surface area contributed by atoms with E-state index in [4.69, 9.17) is 11.6 Å². The van der Waals surface area contributed by atoms with E-state index in [1.807, 2.05) is 18.2 Å². The van der Waals surface area contributed by atoms with Crippen molar-refractivity contribution >= 4 is 23.2 Å². The lowest BCUT2D eigenvalue weighted by Gasteiger charge is -2.07. The number of carbonyl (C=O) groups is 1. The van der Waals surface area contributed by atoms with E-state index in [9.17, 15) is 13.6 Å². The lowest BCUT2D eigenvalue weighted by Crippen LogP contribution is -2.25. The Morgan fingerprint density at radius 2 is 2.00 bits per heavy atom. The molecule has 1 aromatic carbocycles. The molecule has 7 heteroatoms. The zero-order valence-corrected chi connectivity index (χ0v) is 11.9. The first-order valence-electron chi connectivity index (χ1n) is 6.40. The number of nitrogens with zero attached hydrogens (tertiary/aromatic N) is 2. The van der Waals surface area contributed by atoms with E-state index in [-0.39, 0.29) is 11.6 Å². The zero-order valence-electron chi connectivity index (χ0n) is 11.2. The van der Waals surface area contributed by atoms with Crippen LogP contribution in [0.15, 0.2) is 42.7 Å². The fourth-order valence-corrected chi connectivity index (χ4v) is 2.33. The SMILES string of the molecule is O=C(NCc1cnc2ccccn12)c1c(F)cc(Cl)cc1F. The van der Waals surface area contributed by atoms with Crippen molar-refractivity contribution in [2.45, 2.75) is 6.54 Å². The van der Waals surface area contributed by atoms with E-state index < -0.39 is 23.1 Å². The monoisotopic (exact) mass is 321 g/mol. The largest absolute Gasteiger partial charge is 0.346 e. The normalized spacial score (nSPS) is 10.9. The van der Waals surface area contributed by atoms with Crippen LogP contribution in [0.25, 0.3) is 5.65 Å². The Labute approximate surface area is 129 Å². The Kier molecular flexibility index (Phi) is 3.77. The number of aromatic nitrogens is 2. The van der Waals surface area contributed by atoms with Gasteiger partial charge < -0.3 is 9.72 Å². The number of hydrogen-bond acceptors (Lipinski definition) is 2. The number of halogens is 3. The van der Waals surface area contributed by atoms with Gasteiger partial charge in [-0.1, -0.05) is 17.7 Å². The molecule has 0 aliphatic heterocycles. The number of amides is 1. The summed E-state index contributed by atoms with van der Waals surface area (Å²) in [6.07, 6.45) is 3.37. The topological polar surface area (TPSA) is 46.4 Å². The second-order valence-electron chi connectivity index (χ2n) is 4.61. The number of rotatable bonds is 3. The Bertz CT molecular complexity index is 840. The third kappa shape index (κ3) is 2.65. The maximum atomic E-state index is 13.7. The first kappa shape index (κ1) is 14.5. The van der Waals surface area contributed by atoms with Gasteiger partial charge in [0.25, 0.3) is 5.91 Å². The van der Waals surface area contributed by atoms with E-state index in [1.54, 1.807) is 16.8 Å². The van der Waals surface area contributed by atoms with E-state index in [0.717, 1.165) is 17.8 Å². The molecular weight excluding hydrogens is 312 g/mol. The molecule has 2 aromatic heterocycles. The summed E-state index contributed by atoms with van der Waals surface area (Å²) >= 11 is 5.53. The Morgan fingerprint density at radius 1 is 1.27 bits per heavy atom. The number of imidazole rings is 1. The van der Waals surface area contributed by atoms with E-state index >= 15 is 0 Å². The third-order valence-electron chi connectivity index (χ3n) is 3.16. The molecule has 0 spiro atoms. The number of fused-ring (bicyclic) bond motifs is 1. The van der Waals surface area contributed by atoms with Crippen molar-refractivity contribution in [1.29, 1.82) is 0 Å². The van der Waals surface area contributed by atoms with Crippen LogP contribution in [0.3, 0.4) is 0 Å². The summed E-state index contributed by atoms with van der Waals surface area (Å²) in [4.78, 5) is 16.1. The summed E-state index contributed by atoms with van der Waals surface area (Å²) in [7, 11) is 0. The molecule has 3 rings (SSSR count). The average Bonchev–Trinajstić information content (AvgIpc) is 2.87. The van der Waals surface area contributed by atoms with Gasteiger partial charge in [-0.3, -0.25) is 4.79 Å². The molecule has 0 aliphatic rings. The first-order valence-corrected chi connectivity index (χ1v) is 6.78. The van der Waals surface area contributed by atoms with Gasteiger partial charge in [-0.15, -0.1) is 0 Å². The van der Waals surface area contributed by atoms with Crippen molar-refractivity contribution in [1.82, 2.24) is 14.7 Å². The molecule has 0 fully saturated rings. The van der Waals surface area contributed by atoms with Crippen molar-refractivity contribution in [3.05, 3.63) is 70.6 Å². The Hall–Kier alpha value is -2.47. The highest BCUT2D eigenvalue weighted by Gasteiger charge is 2.18. The van der Waals surface area contributed by atoms with Crippen molar-refractivity contribution in [3.63, 3.8) is 0 Å². The average molecular weight is 322 g/mol. The second-order valence-corrected chi connectivity index (χ2v) is 5.04. The van der Waals surface area contributed by atoms with Gasteiger partial charge in [0.2, 0.25) is 0 Å². The molecule has 112 valence electrons. The predicted octanol–water partition coefficient (Wildman–Crippen LogP) is 3.20. The minimum absolute atomic E-state index is 0.0888. The van der Waals surface area contributed by atoms with Crippen LogP contribution in [0.1, 0.15) is 16.1 Å². The summed E-state index contributed by atoms with van der Waals surface area (Å²) in [6.45, 7) is 0.0888. The van der Waals surface area contributed by atoms with E-state index in [0.29, 0.717) is 5.69 Å². The van der Waals surface area contributed by atoms with Gasteiger partial charge in [0, 0.05) is 11.2 Å². The van der Waals surface area contributed by atoms with Crippen LogP contribution in [-0.4, -0.2) is 15.3 Å². The fraction of sp³-hybridized carbons (Fsp3) is 0.0667. The predicted molar refractivity (Wildman–Crippen MR) is 77.7 cm³/mol. The van der Waals surface area contributed by atoms with Gasteiger partial charge >= 0.3 is 0 Å². The van der Waals surface area contributed by atoms with Gasteiger partial charge in [0.05, 0.1) is 18.4 Å². The summed E-state index contributed by atoms with van der Waals surface area (Å²) in [5.41, 5.74) is 0.757. The molecule has 22 heavy (non-hydrogen) atoms. The summed E-state index contributed by atoms with van der Waals surface area (Å²) < 4.78 is 29.1. The summed E-state index contributed by atoms with van der Waals surface area (Å²) in [5, 5.41) is 2.37. The summed E-state index contributed by atoms with van der Waals surface area (Å²) in [6, 6.07) is 7.26. The van der Waals surface area contributed by atoms with Gasteiger partial charge in [-0.05, 0) is 24.3 Å². The molecule has 2 heterocycles. The van der Waals surface area contributed by atoms with Crippen molar-refractivity contribution < 1.29 is 13.6 Å². The molecule has 0 radical (unpaired) electrons. The smallest absolute Gasteiger partial charge is 0.257 e. The molecule has 1 amide bonds. The lowest BCUT2D eigenvalue weighted by molar-refractivity contribution is 0.0942. The molecule has 0 saturated heterocycles. The molecule has 0 bridgehead atoms. The highest BCUT2D eigenvalue weighted by molar-refractivity contribution is 6.30. The van der Waals surface area contributed by atoms with Crippen LogP contribution >= 0.6 is 11.6 Å². The number of hydrogen-bond donors (Lipinski definition) is 1. The van der Waals surface area contributed by atoms with Crippen LogP contribution in [-0.2, 0) is 6.54 Å². The number of carbonyl (C=O) groups excluding carboxylic acids is 1. The van der Waals surface area contributed by atoms with E-state index in [2.05, 4.69) is 10.3 Å². The van der Waals surface area contributed by atoms with E-state index in [1.165, 1.54) is 0 Å². The summed E-state index contributed by atoms with van der Waals surface area (Å²) in [5.74, 6) is -2.85. The highest BCUT2D eigenvalue weighted by atomic mass is 35.5. The maximum Gasteiger partial charge on any atom is 0.257 e. The molecule has 0 aliphatic carbocycles. The molecule has 0 atom stereocenters. The molecule has 3 aromatic rings. The van der Waals surface area contributed by atoms with Crippen LogP contribution in [0.2, 0.25) is 5.02 Å². The maximum absolute atomic E-state index is 13.7. The van der Waals surface area contributed by atoms with Crippen LogP contribution in [0, 0.1) is 11.6 Å². The minimum Gasteiger partial charge on any atom is -0.346 e. The van der Waals surface area contributed by atoms with Gasteiger partial charge in [0.1, 0.15) is 22.8 Å². The minimum atomic E-state index is -0.999. The Morgan fingerprint density at radius 3 is 2.73 bits per heavy atom. The molecule has 1 N–H and O–H groups in total. The third-order valence-corrected chi connectivity index (χ3v) is 3.38. The van der Waals surface area contributed by atoms with Crippen LogP contribution in [0.4, 0.5) is 8.78 Å². The van der Waals surface area contributed by atoms with Crippen molar-refractivity contribution in [2.24, 2.45) is 0 Å². The van der Waals surface area contributed by atoms with Crippen LogP contribution in [0.5, 0.6) is 0 Å². The number of nitrogens with one attached hydrogen (secondary N) is 1. The second kappa shape index (κ2) is 5.73. The standard InChI is InChI=1S/C15H10ClF2N3O/c16-9-5-11(17)14(12(18)6-9)15(22)20-8-10-7-19-13-3-1-2-4-21(10)13/h1-7H,8H2,(H,20,22). The molecule has 4 nitrogen and oxygen atoms in total. The van der Waals surface area contributed by atoms with Crippen LogP contribution < -0.4 is 5.32 Å². The Balaban J connectivity index is 1.81. The lowest BCUT2D eigenvalue weighted by atomic mass is 10.2. The number of benzene rings is 1. The van der Waals surface area contributed by atoms with Crippen molar-refractivity contribution in [2.75, 3.05) is 0 Å². The van der Waals surface area contributed by atoms with Crippen molar-refractivity contribution in [3.8, 4) is 0 Å². The number of pyridine rings is 1. The molecule has 0 saturated carbocycles. The fourth-order valence-electron chi connectivity index (χ4n) is 2.13. The quantitative estimate of drug-likeness (QED) is 0.805. The highest BCUT2D eigenvalue weighted by Crippen LogP contribution is 2.19.